The molecule has 30 heavy (non-hydrogen) atoms. The molecule has 2 atom stereocenters. The number of halogens is 2. The molecule has 1 fully saturated rings. The Balaban J connectivity index is 1.92. The van der Waals surface area contributed by atoms with E-state index in [-0.39, 0.29) is 13.0 Å². The molecule has 0 aromatic heterocycles. The largest absolute Gasteiger partial charge is 0.450 e. The second-order valence-electron chi connectivity index (χ2n) is 7.31. The molecule has 0 spiro atoms. The molecular weight excluding hydrogens is 414 g/mol. The number of likely N-dealkylation sites (tertiary alicyclic amines) is 1. The van der Waals surface area contributed by atoms with Gasteiger partial charge in [0, 0.05) is 12.6 Å². The van der Waals surface area contributed by atoms with E-state index < -0.39 is 39.8 Å². The van der Waals surface area contributed by atoms with Gasteiger partial charge in [-0.05, 0) is 60.7 Å². The summed E-state index contributed by atoms with van der Waals surface area (Å²) in [6.07, 6.45) is 1.15. The van der Waals surface area contributed by atoms with Crippen molar-refractivity contribution in [1.29, 1.82) is 0 Å². The second kappa shape index (κ2) is 9.09. The highest BCUT2D eigenvalue weighted by atomic mass is 32.2. The summed E-state index contributed by atoms with van der Waals surface area (Å²) in [6.45, 7) is 2.20. The van der Waals surface area contributed by atoms with E-state index in [0.717, 1.165) is 6.26 Å². The summed E-state index contributed by atoms with van der Waals surface area (Å²) < 4.78 is 59.1. The van der Waals surface area contributed by atoms with Crippen LogP contribution in [0.1, 0.15) is 18.9 Å². The first kappa shape index (κ1) is 22.2. The molecule has 0 radical (unpaired) electrons. The number of carbonyl (C=O) groups excluding carboxylic acids is 1. The third kappa shape index (κ3) is 5.54. The zero-order chi connectivity index (χ0) is 21.9. The number of hydrogen-bond donors (Lipinski definition) is 1. The summed E-state index contributed by atoms with van der Waals surface area (Å²) in [4.78, 5) is 13.8. The van der Waals surface area contributed by atoms with Crippen molar-refractivity contribution in [2.24, 2.45) is 0 Å². The minimum atomic E-state index is -3.50. The molecule has 9 heteroatoms. The van der Waals surface area contributed by atoms with Gasteiger partial charge in [-0.15, -0.1) is 0 Å². The van der Waals surface area contributed by atoms with E-state index in [9.17, 15) is 22.0 Å². The molecule has 0 saturated carbocycles. The molecular formula is C21H24F2N2O4S. The number of nitrogens with zero attached hydrogens (tertiary/aromatic N) is 1. The van der Waals surface area contributed by atoms with Gasteiger partial charge in [0.1, 0.15) is 11.6 Å². The second-order valence-corrected chi connectivity index (χ2v) is 9.09. The van der Waals surface area contributed by atoms with Gasteiger partial charge in [0.2, 0.25) is 10.0 Å². The fourth-order valence-corrected chi connectivity index (χ4v) is 4.62. The molecule has 1 heterocycles. The molecule has 162 valence electrons. The molecule has 0 aliphatic carbocycles. The van der Waals surface area contributed by atoms with Gasteiger partial charge >= 0.3 is 6.09 Å². The smallest absolute Gasteiger partial charge is 0.410 e. The van der Waals surface area contributed by atoms with Crippen molar-refractivity contribution in [2.75, 3.05) is 19.4 Å². The molecule has 1 aliphatic rings. The van der Waals surface area contributed by atoms with Crippen LogP contribution in [0.2, 0.25) is 0 Å². The molecule has 2 unspecified atom stereocenters. The third-order valence-electron chi connectivity index (χ3n) is 4.97. The van der Waals surface area contributed by atoms with Crippen LogP contribution in [0, 0.1) is 11.6 Å². The molecule has 1 N–H and O–H groups in total. The molecule has 6 nitrogen and oxygen atoms in total. The SMILES string of the molecule is CCOC(=O)N1CCC(NS(C)(=O)=O)C1Cc1cc(F)cc(-c2cccc(F)c2)c1. The normalized spacial score (nSPS) is 19.1. The average Bonchev–Trinajstić information content (AvgIpc) is 3.02. The number of benzene rings is 2. The predicted octanol–water partition coefficient (Wildman–Crippen LogP) is 3.32. The first-order valence-electron chi connectivity index (χ1n) is 9.62. The topological polar surface area (TPSA) is 75.7 Å². The summed E-state index contributed by atoms with van der Waals surface area (Å²) in [7, 11) is -3.50. The van der Waals surface area contributed by atoms with Crippen LogP contribution in [0.4, 0.5) is 13.6 Å². The van der Waals surface area contributed by atoms with Crippen LogP contribution in [0.15, 0.2) is 42.5 Å². The Kier molecular flexibility index (Phi) is 6.72. The lowest BCUT2D eigenvalue weighted by molar-refractivity contribution is 0.101. The van der Waals surface area contributed by atoms with Crippen LogP contribution in [-0.4, -0.2) is 50.9 Å². The lowest BCUT2D eigenvalue weighted by Gasteiger charge is -2.28. The monoisotopic (exact) mass is 438 g/mol. The minimum absolute atomic E-state index is 0.190. The summed E-state index contributed by atoms with van der Waals surface area (Å²) in [5.41, 5.74) is 1.59. The number of amides is 1. The summed E-state index contributed by atoms with van der Waals surface area (Å²) in [6, 6.07) is 9.14. The van der Waals surface area contributed by atoms with E-state index in [1.54, 1.807) is 25.1 Å². The van der Waals surface area contributed by atoms with Crippen LogP contribution >= 0.6 is 0 Å². The Bertz CT molecular complexity index is 1030. The highest BCUT2D eigenvalue weighted by Crippen LogP contribution is 2.27. The molecule has 2 aromatic carbocycles. The van der Waals surface area contributed by atoms with Crippen molar-refractivity contribution < 1.29 is 26.7 Å². The fraction of sp³-hybridized carbons (Fsp3) is 0.381. The standard InChI is InChI=1S/C21H24F2N2O4S/c1-3-29-21(26)25-8-7-19(24-30(2,27)28)20(25)11-14-9-16(13-18(23)10-14)15-5-4-6-17(22)12-15/h4-6,9-10,12-13,19-20,24H,3,7-8,11H2,1-2H3. The van der Waals surface area contributed by atoms with Crippen LogP contribution in [0.3, 0.4) is 0 Å². The molecule has 3 rings (SSSR count). The lowest BCUT2D eigenvalue weighted by atomic mass is 9.96. The molecule has 0 bridgehead atoms. The highest BCUT2D eigenvalue weighted by Gasteiger charge is 2.39. The van der Waals surface area contributed by atoms with Gasteiger partial charge in [0.05, 0.1) is 18.9 Å². The first-order chi connectivity index (χ1) is 14.2. The maximum atomic E-state index is 14.3. The van der Waals surface area contributed by atoms with Gasteiger partial charge in [-0.2, -0.15) is 0 Å². The maximum absolute atomic E-state index is 14.3. The number of carbonyl (C=O) groups is 1. The number of ether oxygens (including phenoxy) is 1. The Morgan fingerprint density at radius 1 is 1.17 bits per heavy atom. The van der Waals surface area contributed by atoms with Crippen molar-refractivity contribution in [3.63, 3.8) is 0 Å². The zero-order valence-electron chi connectivity index (χ0n) is 16.8. The fourth-order valence-electron chi connectivity index (χ4n) is 3.80. The Morgan fingerprint density at radius 2 is 1.90 bits per heavy atom. The van der Waals surface area contributed by atoms with E-state index in [1.165, 1.54) is 29.2 Å². The van der Waals surface area contributed by atoms with Gasteiger partial charge in [0.25, 0.3) is 0 Å². The Labute approximate surface area is 174 Å². The minimum Gasteiger partial charge on any atom is -0.450 e. The number of sulfonamides is 1. The lowest BCUT2D eigenvalue weighted by Crippen LogP contribution is -2.47. The quantitative estimate of drug-likeness (QED) is 0.751. The van der Waals surface area contributed by atoms with Gasteiger partial charge in [-0.1, -0.05) is 18.2 Å². The van der Waals surface area contributed by atoms with Gasteiger partial charge in [-0.25, -0.2) is 26.7 Å². The van der Waals surface area contributed by atoms with E-state index in [2.05, 4.69) is 4.72 Å². The summed E-state index contributed by atoms with van der Waals surface area (Å²) >= 11 is 0. The van der Waals surface area contributed by atoms with Crippen LogP contribution in [0.25, 0.3) is 11.1 Å². The van der Waals surface area contributed by atoms with Crippen LogP contribution < -0.4 is 4.72 Å². The van der Waals surface area contributed by atoms with Gasteiger partial charge < -0.3 is 9.64 Å². The maximum Gasteiger partial charge on any atom is 0.410 e. The van der Waals surface area contributed by atoms with Gasteiger partial charge in [0.15, 0.2) is 0 Å². The first-order valence-corrected chi connectivity index (χ1v) is 11.5. The third-order valence-corrected chi connectivity index (χ3v) is 5.70. The van der Waals surface area contributed by atoms with Gasteiger partial charge in [-0.3, -0.25) is 0 Å². The Hall–Kier alpha value is -2.52. The van der Waals surface area contributed by atoms with Crippen molar-refractivity contribution in [3.8, 4) is 11.1 Å². The molecule has 1 amide bonds. The van der Waals surface area contributed by atoms with Crippen LogP contribution in [0.5, 0.6) is 0 Å². The number of rotatable bonds is 6. The van der Waals surface area contributed by atoms with Crippen molar-refractivity contribution in [2.45, 2.75) is 31.8 Å². The zero-order valence-corrected chi connectivity index (χ0v) is 17.6. The average molecular weight is 438 g/mol. The van der Waals surface area contributed by atoms with E-state index in [0.29, 0.717) is 29.7 Å². The molecule has 1 saturated heterocycles. The van der Waals surface area contributed by atoms with E-state index in [4.69, 9.17) is 4.74 Å². The summed E-state index contributed by atoms with van der Waals surface area (Å²) in [5, 5.41) is 0. The molecule has 2 aromatic rings. The predicted molar refractivity (Wildman–Crippen MR) is 109 cm³/mol. The molecule has 1 aliphatic heterocycles. The van der Waals surface area contributed by atoms with Crippen molar-refractivity contribution in [1.82, 2.24) is 9.62 Å². The van der Waals surface area contributed by atoms with E-state index >= 15 is 0 Å². The van der Waals surface area contributed by atoms with Crippen molar-refractivity contribution in [3.05, 3.63) is 59.7 Å². The Morgan fingerprint density at radius 3 is 2.57 bits per heavy atom. The van der Waals surface area contributed by atoms with Crippen molar-refractivity contribution >= 4 is 16.1 Å². The summed E-state index contributed by atoms with van der Waals surface area (Å²) in [5.74, 6) is -0.930. The number of nitrogens with one attached hydrogen (secondary N) is 1. The highest BCUT2D eigenvalue weighted by molar-refractivity contribution is 7.88. The number of hydrogen-bond acceptors (Lipinski definition) is 4. The van der Waals surface area contributed by atoms with E-state index in [1.807, 2.05) is 0 Å². The van der Waals surface area contributed by atoms with Crippen LogP contribution in [-0.2, 0) is 21.2 Å².